The summed E-state index contributed by atoms with van der Waals surface area (Å²) in [6, 6.07) is 4.86. The fourth-order valence-corrected chi connectivity index (χ4v) is 1.74. The molecule has 2 rings (SSSR count). The molecule has 0 amide bonds. The van der Waals surface area contributed by atoms with Crippen molar-refractivity contribution in [2.45, 2.75) is 0 Å². The summed E-state index contributed by atoms with van der Waals surface area (Å²) < 4.78 is 32.3. The van der Waals surface area contributed by atoms with Crippen LogP contribution in [0.2, 0.25) is 5.02 Å². The van der Waals surface area contributed by atoms with Gasteiger partial charge in [0, 0.05) is 22.7 Å². The maximum atomic E-state index is 13.7. The molecule has 0 saturated heterocycles. The molecule has 0 bridgehead atoms. The maximum absolute atomic E-state index is 13.7. The average molecular weight is 314 g/mol. The molecule has 0 heterocycles. The minimum absolute atomic E-state index is 0.0981. The number of nitro groups is 1. The minimum atomic E-state index is -1.16. The SMILES string of the molecule is O=Cc1cc(F)c(Oc2cc(Cl)ccc2[N+](=O)[O-])c(F)c1. The van der Waals surface area contributed by atoms with E-state index in [1.54, 1.807) is 0 Å². The zero-order valence-corrected chi connectivity index (χ0v) is 10.9. The zero-order chi connectivity index (χ0) is 15.6. The molecule has 2 aromatic rings. The number of hydrogen-bond acceptors (Lipinski definition) is 4. The molecule has 0 unspecified atom stereocenters. The van der Waals surface area contributed by atoms with Gasteiger partial charge in [-0.25, -0.2) is 8.78 Å². The third-order valence-corrected chi connectivity index (χ3v) is 2.72. The Bertz CT molecular complexity index is 713. The summed E-state index contributed by atoms with van der Waals surface area (Å²) in [6.45, 7) is 0. The molecule has 0 atom stereocenters. The number of rotatable bonds is 4. The number of aldehydes is 1. The Labute approximate surface area is 121 Å². The molecule has 2 aromatic carbocycles. The van der Waals surface area contributed by atoms with E-state index in [9.17, 15) is 23.7 Å². The van der Waals surface area contributed by atoms with Gasteiger partial charge in [-0.2, -0.15) is 0 Å². The fraction of sp³-hybridized carbons (Fsp3) is 0. The monoisotopic (exact) mass is 313 g/mol. The van der Waals surface area contributed by atoms with Gasteiger partial charge in [0.05, 0.1) is 4.92 Å². The lowest BCUT2D eigenvalue weighted by Gasteiger charge is -2.09. The van der Waals surface area contributed by atoms with Crippen LogP contribution in [0.15, 0.2) is 30.3 Å². The lowest BCUT2D eigenvalue weighted by atomic mass is 10.2. The van der Waals surface area contributed by atoms with Gasteiger partial charge in [-0.3, -0.25) is 14.9 Å². The standard InChI is InChI=1S/C13H6ClF2NO4/c14-8-1-2-11(17(19)20)12(5-8)21-13-9(15)3-7(6-18)4-10(13)16/h1-6H. The van der Waals surface area contributed by atoms with Crippen LogP contribution in [0, 0.1) is 21.7 Å². The molecular formula is C13H6ClF2NO4. The van der Waals surface area contributed by atoms with Gasteiger partial charge < -0.3 is 4.74 Å². The van der Waals surface area contributed by atoms with Gasteiger partial charge >= 0.3 is 5.69 Å². The molecule has 0 aliphatic rings. The molecule has 0 N–H and O–H groups in total. The second kappa shape index (κ2) is 5.84. The Balaban J connectivity index is 2.50. The van der Waals surface area contributed by atoms with Gasteiger partial charge in [-0.15, -0.1) is 0 Å². The van der Waals surface area contributed by atoms with E-state index >= 15 is 0 Å². The Hall–Kier alpha value is -2.54. The number of hydrogen-bond donors (Lipinski definition) is 0. The van der Waals surface area contributed by atoms with Crippen molar-refractivity contribution in [3.05, 3.63) is 62.7 Å². The van der Waals surface area contributed by atoms with Crippen molar-refractivity contribution in [3.63, 3.8) is 0 Å². The van der Waals surface area contributed by atoms with Crippen LogP contribution in [0.3, 0.4) is 0 Å². The molecule has 0 spiro atoms. The van der Waals surface area contributed by atoms with E-state index < -0.39 is 33.7 Å². The summed E-state index contributed by atoms with van der Waals surface area (Å²) >= 11 is 5.68. The topological polar surface area (TPSA) is 69.4 Å². The van der Waals surface area contributed by atoms with Crippen LogP contribution in [0.4, 0.5) is 14.5 Å². The highest BCUT2D eigenvalue weighted by atomic mass is 35.5. The number of benzene rings is 2. The molecule has 5 nitrogen and oxygen atoms in total. The average Bonchev–Trinajstić information content (AvgIpc) is 2.42. The summed E-state index contributed by atoms with van der Waals surface area (Å²) in [7, 11) is 0. The molecular weight excluding hydrogens is 308 g/mol. The molecule has 108 valence electrons. The minimum Gasteiger partial charge on any atom is -0.444 e. The predicted octanol–water partition coefficient (Wildman–Crippen LogP) is 4.13. The fourth-order valence-electron chi connectivity index (χ4n) is 1.58. The zero-order valence-electron chi connectivity index (χ0n) is 10.2. The van der Waals surface area contributed by atoms with Crippen LogP contribution in [0.25, 0.3) is 0 Å². The second-order valence-corrected chi connectivity index (χ2v) is 4.34. The van der Waals surface area contributed by atoms with Gasteiger partial charge in [0.2, 0.25) is 5.75 Å². The molecule has 0 saturated carbocycles. The van der Waals surface area contributed by atoms with Crippen molar-refractivity contribution in [3.8, 4) is 11.5 Å². The smallest absolute Gasteiger partial charge is 0.311 e. The maximum Gasteiger partial charge on any atom is 0.311 e. The van der Waals surface area contributed by atoms with Crippen molar-refractivity contribution >= 4 is 23.6 Å². The normalized spacial score (nSPS) is 10.2. The molecule has 8 heteroatoms. The first-order valence-corrected chi connectivity index (χ1v) is 5.86. The van der Waals surface area contributed by atoms with Gasteiger partial charge in [0.1, 0.15) is 6.29 Å². The molecule has 21 heavy (non-hydrogen) atoms. The number of ether oxygens (including phenoxy) is 1. The van der Waals surface area contributed by atoms with E-state index in [1.807, 2.05) is 0 Å². The van der Waals surface area contributed by atoms with Crippen LogP contribution >= 0.6 is 11.6 Å². The first-order chi connectivity index (χ1) is 9.92. The largest absolute Gasteiger partial charge is 0.444 e. The number of halogens is 3. The molecule has 0 aliphatic carbocycles. The molecule has 0 fully saturated rings. The van der Waals surface area contributed by atoms with Crippen molar-refractivity contribution < 1.29 is 23.2 Å². The van der Waals surface area contributed by atoms with Crippen LogP contribution < -0.4 is 4.74 Å². The van der Waals surface area contributed by atoms with Gasteiger partial charge in [0.25, 0.3) is 0 Å². The van der Waals surface area contributed by atoms with Crippen LogP contribution in [-0.4, -0.2) is 11.2 Å². The second-order valence-electron chi connectivity index (χ2n) is 3.90. The van der Waals surface area contributed by atoms with Crippen LogP contribution in [0.1, 0.15) is 10.4 Å². The van der Waals surface area contributed by atoms with E-state index in [4.69, 9.17) is 16.3 Å². The summed E-state index contributed by atoms with van der Waals surface area (Å²) in [5, 5.41) is 10.9. The first kappa shape index (κ1) is 14.9. The predicted molar refractivity (Wildman–Crippen MR) is 69.9 cm³/mol. The first-order valence-electron chi connectivity index (χ1n) is 5.48. The molecule has 0 radical (unpaired) electrons. The quantitative estimate of drug-likeness (QED) is 0.483. The molecule has 0 aliphatic heterocycles. The van der Waals surface area contributed by atoms with Crippen LogP contribution in [-0.2, 0) is 0 Å². The van der Waals surface area contributed by atoms with Crippen molar-refractivity contribution in [2.75, 3.05) is 0 Å². The summed E-state index contributed by atoms with van der Waals surface area (Å²) in [4.78, 5) is 20.6. The van der Waals surface area contributed by atoms with E-state index in [1.165, 1.54) is 6.07 Å². The summed E-state index contributed by atoms with van der Waals surface area (Å²) in [5.41, 5.74) is -0.726. The Morgan fingerprint density at radius 3 is 2.33 bits per heavy atom. The highest BCUT2D eigenvalue weighted by Gasteiger charge is 2.20. The lowest BCUT2D eigenvalue weighted by Crippen LogP contribution is -1.98. The number of carbonyl (C=O) groups is 1. The third kappa shape index (κ3) is 3.14. The van der Waals surface area contributed by atoms with Crippen molar-refractivity contribution in [1.82, 2.24) is 0 Å². The van der Waals surface area contributed by atoms with Gasteiger partial charge in [0.15, 0.2) is 17.4 Å². The lowest BCUT2D eigenvalue weighted by molar-refractivity contribution is -0.385. The number of carbonyl (C=O) groups excluding carboxylic acids is 1. The third-order valence-electron chi connectivity index (χ3n) is 2.49. The Kier molecular flexibility index (Phi) is 4.13. The van der Waals surface area contributed by atoms with Crippen molar-refractivity contribution in [2.24, 2.45) is 0 Å². The van der Waals surface area contributed by atoms with Gasteiger partial charge in [-0.1, -0.05) is 11.6 Å². The van der Waals surface area contributed by atoms with E-state index in [-0.39, 0.29) is 16.9 Å². The van der Waals surface area contributed by atoms with E-state index in [0.717, 1.165) is 24.3 Å². The highest BCUT2D eigenvalue weighted by molar-refractivity contribution is 6.30. The Morgan fingerprint density at radius 1 is 1.19 bits per heavy atom. The molecule has 0 aromatic heterocycles. The van der Waals surface area contributed by atoms with Crippen molar-refractivity contribution in [1.29, 1.82) is 0 Å². The number of nitrogens with zero attached hydrogens (tertiary/aromatic N) is 1. The highest BCUT2D eigenvalue weighted by Crippen LogP contribution is 2.36. The van der Waals surface area contributed by atoms with Crippen LogP contribution in [0.5, 0.6) is 11.5 Å². The summed E-state index contributed by atoms with van der Waals surface area (Å²) in [5.74, 6) is -3.59. The summed E-state index contributed by atoms with van der Waals surface area (Å²) in [6.07, 6.45) is 0.262. The van der Waals surface area contributed by atoms with E-state index in [2.05, 4.69) is 0 Å². The van der Waals surface area contributed by atoms with Gasteiger partial charge in [-0.05, 0) is 18.2 Å². The van der Waals surface area contributed by atoms with E-state index in [0.29, 0.717) is 0 Å². The number of nitro benzene ring substituents is 1. The Morgan fingerprint density at radius 2 is 1.81 bits per heavy atom.